The van der Waals surface area contributed by atoms with Crippen molar-refractivity contribution < 1.29 is 0 Å². The summed E-state index contributed by atoms with van der Waals surface area (Å²) in [4.78, 5) is 0. The Morgan fingerprint density at radius 2 is 0.929 bits per heavy atom. The Kier molecular flexibility index (Phi) is 5.60. The number of rotatable bonds is 3. The van der Waals surface area contributed by atoms with Crippen LogP contribution in [0.2, 0.25) is 13.1 Å². The smallest absolute Gasteiger partial charge is 0.0623 e. The molecule has 0 spiro atoms. The lowest BCUT2D eigenvalue weighted by atomic mass is 9.84. The van der Waals surface area contributed by atoms with Crippen molar-refractivity contribution in [2.24, 2.45) is 0 Å². The number of benzene rings is 7. The summed E-state index contributed by atoms with van der Waals surface area (Å²) in [6.45, 7) is 7.19. The SMILES string of the molecule is Cc1ccc2c(-c3ccc(-c4ccccc4)cc3)c3ccccc3c(-c3ccc4c(c3)-c3ccccc3[Si]4(C)C)c2c1. The Morgan fingerprint density at radius 3 is 1.69 bits per heavy atom. The maximum absolute atomic E-state index is 2.49. The van der Waals surface area contributed by atoms with Gasteiger partial charge in [-0.3, -0.25) is 0 Å². The molecule has 7 aromatic carbocycles. The Balaban J connectivity index is 1.39. The molecule has 42 heavy (non-hydrogen) atoms. The Labute approximate surface area is 248 Å². The highest BCUT2D eigenvalue weighted by Crippen LogP contribution is 2.45. The van der Waals surface area contributed by atoms with Crippen LogP contribution in [0.4, 0.5) is 0 Å². The van der Waals surface area contributed by atoms with Crippen LogP contribution in [0.1, 0.15) is 5.56 Å². The molecular weight excluding hydrogens is 521 g/mol. The molecule has 0 amide bonds. The zero-order chi connectivity index (χ0) is 28.4. The van der Waals surface area contributed by atoms with Crippen LogP contribution in [0.25, 0.3) is 66.1 Å². The topological polar surface area (TPSA) is 0 Å². The van der Waals surface area contributed by atoms with E-state index < -0.39 is 8.07 Å². The van der Waals surface area contributed by atoms with Gasteiger partial charge in [0.05, 0.1) is 0 Å². The van der Waals surface area contributed by atoms with E-state index in [2.05, 4.69) is 160 Å². The lowest BCUT2D eigenvalue weighted by Gasteiger charge is -2.20. The first-order chi connectivity index (χ1) is 20.5. The number of hydrogen-bond acceptors (Lipinski definition) is 0. The maximum atomic E-state index is 2.49. The van der Waals surface area contributed by atoms with Crippen molar-refractivity contribution in [1.29, 1.82) is 0 Å². The van der Waals surface area contributed by atoms with Crippen LogP contribution in [0, 0.1) is 6.92 Å². The molecule has 0 N–H and O–H groups in total. The third-order valence-electron chi connectivity index (χ3n) is 9.33. The first kappa shape index (κ1) is 25.0. The highest BCUT2D eigenvalue weighted by molar-refractivity contribution is 7.03. The summed E-state index contributed by atoms with van der Waals surface area (Å²) in [6.07, 6.45) is 0. The fourth-order valence-corrected chi connectivity index (χ4v) is 10.3. The van der Waals surface area contributed by atoms with Gasteiger partial charge in [-0.15, -0.1) is 0 Å². The van der Waals surface area contributed by atoms with Gasteiger partial charge in [-0.05, 0) is 89.4 Å². The summed E-state index contributed by atoms with van der Waals surface area (Å²) in [5.41, 5.74) is 11.8. The van der Waals surface area contributed by atoms with Crippen LogP contribution in [-0.2, 0) is 0 Å². The molecular formula is C41H32Si. The molecule has 200 valence electrons. The van der Waals surface area contributed by atoms with E-state index in [1.165, 1.54) is 71.6 Å². The van der Waals surface area contributed by atoms with E-state index in [1.807, 2.05) is 0 Å². The van der Waals surface area contributed by atoms with E-state index >= 15 is 0 Å². The zero-order valence-corrected chi connectivity index (χ0v) is 25.3. The van der Waals surface area contributed by atoms with Crippen molar-refractivity contribution in [3.05, 3.63) is 145 Å². The summed E-state index contributed by atoms with van der Waals surface area (Å²) in [7, 11) is -1.70. The first-order valence-electron chi connectivity index (χ1n) is 14.9. The fraction of sp³-hybridized carbons (Fsp3) is 0.0732. The normalized spacial score (nSPS) is 13.3. The van der Waals surface area contributed by atoms with Crippen molar-refractivity contribution in [3.8, 4) is 44.5 Å². The molecule has 1 heteroatoms. The predicted octanol–water partition coefficient (Wildman–Crippen LogP) is 10.1. The molecule has 0 saturated heterocycles. The van der Waals surface area contributed by atoms with E-state index in [4.69, 9.17) is 0 Å². The predicted molar refractivity (Wildman–Crippen MR) is 185 cm³/mol. The maximum Gasteiger partial charge on any atom is 0.113 e. The zero-order valence-electron chi connectivity index (χ0n) is 24.3. The van der Waals surface area contributed by atoms with Gasteiger partial charge < -0.3 is 0 Å². The van der Waals surface area contributed by atoms with E-state index in [9.17, 15) is 0 Å². The molecule has 0 unspecified atom stereocenters. The molecule has 0 atom stereocenters. The van der Waals surface area contributed by atoms with Crippen LogP contribution in [-0.4, -0.2) is 8.07 Å². The number of hydrogen-bond donors (Lipinski definition) is 0. The van der Waals surface area contributed by atoms with Gasteiger partial charge in [-0.2, -0.15) is 0 Å². The molecule has 0 aromatic heterocycles. The summed E-state index contributed by atoms with van der Waals surface area (Å²) < 4.78 is 0. The molecule has 8 rings (SSSR count). The van der Waals surface area contributed by atoms with Gasteiger partial charge in [-0.25, -0.2) is 0 Å². The molecule has 7 aromatic rings. The van der Waals surface area contributed by atoms with Crippen LogP contribution in [0.3, 0.4) is 0 Å². The molecule has 1 heterocycles. The van der Waals surface area contributed by atoms with Crippen LogP contribution in [0.15, 0.2) is 140 Å². The van der Waals surface area contributed by atoms with Crippen LogP contribution >= 0.6 is 0 Å². The van der Waals surface area contributed by atoms with Crippen molar-refractivity contribution in [2.75, 3.05) is 0 Å². The second kappa shape index (κ2) is 9.41. The lowest BCUT2D eigenvalue weighted by Crippen LogP contribution is -2.49. The molecule has 0 nitrogen and oxygen atoms in total. The Morgan fingerprint density at radius 1 is 0.381 bits per heavy atom. The Bertz CT molecular complexity index is 2150. The van der Waals surface area contributed by atoms with E-state index in [0.29, 0.717) is 0 Å². The molecule has 1 aliphatic rings. The van der Waals surface area contributed by atoms with Crippen LogP contribution < -0.4 is 10.4 Å². The minimum Gasteiger partial charge on any atom is -0.0623 e. The van der Waals surface area contributed by atoms with Crippen LogP contribution in [0.5, 0.6) is 0 Å². The molecule has 1 aliphatic heterocycles. The summed E-state index contributed by atoms with van der Waals surface area (Å²) >= 11 is 0. The third kappa shape index (κ3) is 3.74. The van der Waals surface area contributed by atoms with E-state index in [1.54, 1.807) is 10.4 Å². The van der Waals surface area contributed by atoms with Gasteiger partial charge in [0, 0.05) is 0 Å². The lowest BCUT2D eigenvalue weighted by molar-refractivity contribution is 1.51. The van der Waals surface area contributed by atoms with Gasteiger partial charge in [0.25, 0.3) is 0 Å². The summed E-state index contributed by atoms with van der Waals surface area (Å²) in [5.74, 6) is 0. The molecule has 0 radical (unpaired) electrons. The summed E-state index contributed by atoms with van der Waals surface area (Å²) in [5, 5.41) is 8.33. The molecule has 0 fully saturated rings. The first-order valence-corrected chi connectivity index (χ1v) is 17.9. The minimum absolute atomic E-state index is 1.24. The van der Waals surface area contributed by atoms with Crippen molar-refractivity contribution in [1.82, 2.24) is 0 Å². The van der Waals surface area contributed by atoms with Crippen molar-refractivity contribution in [2.45, 2.75) is 20.0 Å². The molecule has 0 saturated carbocycles. The third-order valence-corrected chi connectivity index (χ3v) is 12.9. The Hall–Kier alpha value is -4.72. The highest BCUT2D eigenvalue weighted by Gasteiger charge is 2.37. The minimum atomic E-state index is -1.70. The summed E-state index contributed by atoms with van der Waals surface area (Å²) in [6, 6.07) is 52.1. The van der Waals surface area contributed by atoms with Gasteiger partial charge in [-0.1, -0.05) is 152 Å². The van der Waals surface area contributed by atoms with E-state index in [0.717, 1.165) is 0 Å². The number of fused-ring (bicyclic) bond motifs is 5. The molecule has 0 aliphatic carbocycles. The van der Waals surface area contributed by atoms with Gasteiger partial charge in [0.2, 0.25) is 0 Å². The monoisotopic (exact) mass is 552 g/mol. The van der Waals surface area contributed by atoms with Crippen molar-refractivity contribution >= 4 is 40.0 Å². The standard InChI is InChI=1S/C41H32Si/c1-27-17-23-35-37(25-27)41(31-22-24-39-36(26-31)32-13-9-10-16-38(32)42(39,2)3)34-15-8-7-14-33(34)40(35)30-20-18-29(19-21-30)28-11-5-4-6-12-28/h4-26H,1-3H3. The highest BCUT2D eigenvalue weighted by atomic mass is 28.3. The molecule has 0 bridgehead atoms. The van der Waals surface area contributed by atoms with E-state index in [-0.39, 0.29) is 0 Å². The van der Waals surface area contributed by atoms with Gasteiger partial charge in [0.15, 0.2) is 0 Å². The average Bonchev–Trinajstić information content (AvgIpc) is 3.26. The van der Waals surface area contributed by atoms with Gasteiger partial charge >= 0.3 is 0 Å². The fourth-order valence-electron chi connectivity index (χ4n) is 7.25. The second-order valence-corrected chi connectivity index (χ2v) is 16.5. The number of aryl methyl sites for hydroxylation is 1. The average molecular weight is 553 g/mol. The van der Waals surface area contributed by atoms with Crippen molar-refractivity contribution in [3.63, 3.8) is 0 Å². The second-order valence-electron chi connectivity index (χ2n) is 12.2. The van der Waals surface area contributed by atoms with Gasteiger partial charge in [0.1, 0.15) is 8.07 Å². The quantitative estimate of drug-likeness (QED) is 0.151. The largest absolute Gasteiger partial charge is 0.113 e.